The topological polar surface area (TPSA) is 87.3 Å². The molecule has 1 saturated heterocycles. The Bertz CT molecular complexity index is 830. The SMILES string of the molecule is O=C(NC1CCCC1)c1cc(C2CCCN(C(=O)COc3ccccc3)C2)[nH]n1. The van der Waals surface area contributed by atoms with E-state index in [1.54, 1.807) is 0 Å². The van der Waals surface area contributed by atoms with Crippen LogP contribution in [-0.4, -0.2) is 52.6 Å². The molecule has 1 aliphatic carbocycles. The van der Waals surface area contributed by atoms with Crippen molar-refractivity contribution in [3.63, 3.8) is 0 Å². The molecular formula is C22H28N4O3. The fourth-order valence-electron chi connectivity index (χ4n) is 4.20. The highest BCUT2D eigenvalue weighted by Crippen LogP contribution is 2.26. The average Bonchev–Trinajstić information content (AvgIpc) is 3.45. The maximum atomic E-state index is 12.6. The van der Waals surface area contributed by atoms with Crippen LogP contribution >= 0.6 is 0 Å². The highest BCUT2D eigenvalue weighted by Gasteiger charge is 2.27. The summed E-state index contributed by atoms with van der Waals surface area (Å²) in [4.78, 5) is 26.8. The van der Waals surface area contributed by atoms with E-state index in [9.17, 15) is 9.59 Å². The monoisotopic (exact) mass is 396 g/mol. The number of likely N-dealkylation sites (tertiary alicyclic amines) is 1. The van der Waals surface area contributed by atoms with Crippen molar-refractivity contribution in [3.8, 4) is 5.75 Å². The molecule has 4 rings (SSSR count). The molecule has 2 amide bonds. The van der Waals surface area contributed by atoms with Crippen molar-refractivity contribution in [1.29, 1.82) is 0 Å². The van der Waals surface area contributed by atoms with Crippen LogP contribution in [0.15, 0.2) is 36.4 Å². The molecule has 2 fully saturated rings. The Hall–Kier alpha value is -2.83. The quantitative estimate of drug-likeness (QED) is 0.786. The number of para-hydroxylation sites is 1. The van der Waals surface area contributed by atoms with Crippen LogP contribution in [0.5, 0.6) is 5.75 Å². The smallest absolute Gasteiger partial charge is 0.271 e. The Morgan fingerprint density at radius 3 is 2.72 bits per heavy atom. The zero-order valence-electron chi connectivity index (χ0n) is 16.6. The second-order valence-electron chi connectivity index (χ2n) is 7.94. The summed E-state index contributed by atoms with van der Waals surface area (Å²) < 4.78 is 5.60. The van der Waals surface area contributed by atoms with Crippen molar-refractivity contribution >= 4 is 11.8 Å². The first-order valence-corrected chi connectivity index (χ1v) is 10.5. The number of carbonyl (C=O) groups excluding carboxylic acids is 2. The van der Waals surface area contributed by atoms with Crippen LogP contribution in [0.1, 0.15) is 60.6 Å². The molecule has 0 radical (unpaired) electrons. The van der Waals surface area contributed by atoms with Crippen molar-refractivity contribution in [2.75, 3.05) is 19.7 Å². The van der Waals surface area contributed by atoms with Crippen molar-refractivity contribution in [3.05, 3.63) is 47.8 Å². The number of carbonyl (C=O) groups is 2. The van der Waals surface area contributed by atoms with Gasteiger partial charge in [0.1, 0.15) is 11.4 Å². The van der Waals surface area contributed by atoms with Gasteiger partial charge in [-0.05, 0) is 43.9 Å². The predicted octanol–water partition coefficient (Wildman–Crippen LogP) is 2.87. The Morgan fingerprint density at radius 2 is 1.93 bits per heavy atom. The molecule has 29 heavy (non-hydrogen) atoms. The van der Waals surface area contributed by atoms with Gasteiger partial charge in [0.25, 0.3) is 11.8 Å². The summed E-state index contributed by atoms with van der Waals surface area (Å²) in [5, 5.41) is 10.3. The summed E-state index contributed by atoms with van der Waals surface area (Å²) in [6.45, 7) is 1.38. The van der Waals surface area contributed by atoms with E-state index in [1.165, 1.54) is 12.8 Å². The Balaban J connectivity index is 1.31. The van der Waals surface area contributed by atoms with Gasteiger partial charge in [-0.3, -0.25) is 14.7 Å². The van der Waals surface area contributed by atoms with E-state index in [2.05, 4.69) is 15.5 Å². The van der Waals surface area contributed by atoms with Crippen LogP contribution in [0.25, 0.3) is 0 Å². The van der Waals surface area contributed by atoms with E-state index in [4.69, 9.17) is 4.74 Å². The lowest BCUT2D eigenvalue weighted by atomic mass is 9.94. The second-order valence-corrected chi connectivity index (χ2v) is 7.94. The largest absolute Gasteiger partial charge is 0.484 e. The number of amides is 2. The molecule has 2 N–H and O–H groups in total. The molecule has 7 heteroatoms. The number of aromatic amines is 1. The third-order valence-electron chi connectivity index (χ3n) is 5.84. The molecule has 2 heterocycles. The van der Waals surface area contributed by atoms with Crippen molar-refractivity contribution in [2.45, 2.75) is 50.5 Å². The van der Waals surface area contributed by atoms with Crippen molar-refractivity contribution in [2.24, 2.45) is 0 Å². The van der Waals surface area contributed by atoms with Crippen LogP contribution in [0, 0.1) is 0 Å². The normalized spacial score (nSPS) is 19.9. The molecule has 1 aliphatic heterocycles. The number of piperidine rings is 1. The summed E-state index contributed by atoms with van der Waals surface area (Å²) in [6, 6.07) is 11.5. The molecule has 7 nitrogen and oxygen atoms in total. The molecule has 2 aromatic rings. The van der Waals surface area contributed by atoms with Crippen LogP contribution in [-0.2, 0) is 4.79 Å². The zero-order valence-corrected chi connectivity index (χ0v) is 16.6. The number of benzene rings is 1. The number of nitrogens with one attached hydrogen (secondary N) is 2. The molecule has 1 aromatic heterocycles. The number of aromatic nitrogens is 2. The van der Waals surface area contributed by atoms with Crippen LogP contribution < -0.4 is 10.1 Å². The van der Waals surface area contributed by atoms with Gasteiger partial charge in [0.2, 0.25) is 0 Å². The minimum atomic E-state index is -0.112. The predicted molar refractivity (Wildman–Crippen MR) is 109 cm³/mol. The number of rotatable bonds is 6. The first kappa shape index (κ1) is 19.5. The molecule has 1 unspecified atom stereocenters. The number of H-pyrrole nitrogens is 1. The van der Waals surface area contributed by atoms with Crippen molar-refractivity contribution < 1.29 is 14.3 Å². The maximum absolute atomic E-state index is 12.6. The fourth-order valence-corrected chi connectivity index (χ4v) is 4.20. The second kappa shape index (κ2) is 9.11. The van der Waals surface area contributed by atoms with E-state index < -0.39 is 0 Å². The number of hydrogen-bond acceptors (Lipinski definition) is 4. The number of nitrogens with zero attached hydrogens (tertiary/aromatic N) is 2. The van der Waals surface area contributed by atoms with E-state index in [-0.39, 0.29) is 30.4 Å². The van der Waals surface area contributed by atoms with Gasteiger partial charge >= 0.3 is 0 Å². The number of ether oxygens (including phenoxy) is 1. The van der Waals surface area contributed by atoms with Crippen LogP contribution in [0.4, 0.5) is 0 Å². The molecule has 1 saturated carbocycles. The summed E-state index contributed by atoms with van der Waals surface area (Å²) in [7, 11) is 0. The van der Waals surface area contributed by atoms with Crippen LogP contribution in [0.2, 0.25) is 0 Å². The zero-order chi connectivity index (χ0) is 20.1. The molecular weight excluding hydrogens is 368 g/mol. The third kappa shape index (κ3) is 4.96. The Morgan fingerprint density at radius 1 is 1.14 bits per heavy atom. The molecule has 1 aromatic carbocycles. The van der Waals surface area contributed by atoms with Crippen LogP contribution in [0.3, 0.4) is 0 Å². The van der Waals surface area contributed by atoms with E-state index in [1.807, 2.05) is 41.3 Å². The summed E-state index contributed by atoms with van der Waals surface area (Å²) >= 11 is 0. The minimum Gasteiger partial charge on any atom is -0.484 e. The van der Waals surface area contributed by atoms with E-state index in [0.29, 0.717) is 18.0 Å². The van der Waals surface area contributed by atoms with Gasteiger partial charge in [-0.2, -0.15) is 5.10 Å². The fraction of sp³-hybridized carbons (Fsp3) is 0.500. The molecule has 0 bridgehead atoms. The van der Waals surface area contributed by atoms with E-state index >= 15 is 0 Å². The Labute approximate surface area is 170 Å². The molecule has 154 valence electrons. The van der Waals surface area contributed by atoms with Gasteiger partial charge in [-0.1, -0.05) is 31.0 Å². The summed E-state index contributed by atoms with van der Waals surface area (Å²) in [6.07, 6.45) is 6.34. The number of hydrogen-bond donors (Lipinski definition) is 2. The Kier molecular flexibility index (Phi) is 6.12. The average molecular weight is 396 g/mol. The summed E-state index contributed by atoms with van der Waals surface area (Å²) in [5.74, 6) is 0.725. The lowest BCUT2D eigenvalue weighted by molar-refractivity contribution is -0.134. The van der Waals surface area contributed by atoms with Crippen molar-refractivity contribution in [1.82, 2.24) is 20.4 Å². The van der Waals surface area contributed by atoms with Gasteiger partial charge in [-0.25, -0.2) is 0 Å². The first-order chi connectivity index (χ1) is 14.2. The first-order valence-electron chi connectivity index (χ1n) is 10.5. The van der Waals surface area contributed by atoms with Gasteiger partial charge < -0.3 is 15.0 Å². The highest BCUT2D eigenvalue weighted by atomic mass is 16.5. The third-order valence-corrected chi connectivity index (χ3v) is 5.84. The van der Waals surface area contributed by atoms with Gasteiger partial charge in [0.15, 0.2) is 6.61 Å². The molecule has 2 aliphatic rings. The lowest BCUT2D eigenvalue weighted by Crippen LogP contribution is -2.41. The molecule has 0 spiro atoms. The standard InChI is InChI=1S/C22H28N4O3/c27-21(15-29-18-10-2-1-3-11-18)26-12-6-7-16(14-26)19-13-20(25-24-19)22(28)23-17-8-4-5-9-17/h1-3,10-11,13,16-17H,4-9,12,14-15H2,(H,23,28)(H,24,25). The maximum Gasteiger partial charge on any atom is 0.271 e. The lowest BCUT2D eigenvalue weighted by Gasteiger charge is -2.32. The molecule has 1 atom stereocenters. The van der Waals surface area contributed by atoms with E-state index in [0.717, 1.165) is 37.9 Å². The highest BCUT2D eigenvalue weighted by molar-refractivity contribution is 5.92. The van der Waals surface area contributed by atoms with Gasteiger partial charge in [0.05, 0.1) is 0 Å². The van der Waals surface area contributed by atoms with Gasteiger partial charge in [0, 0.05) is 30.7 Å². The minimum absolute atomic E-state index is 0.0164. The summed E-state index contributed by atoms with van der Waals surface area (Å²) in [5.41, 5.74) is 1.35. The van der Waals surface area contributed by atoms with Gasteiger partial charge in [-0.15, -0.1) is 0 Å².